The largest absolute Gasteiger partial charge is 0.466 e. The number of amides is 1. The zero-order chi connectivity index (χ0) is 55.0. The van der Waals surface area contributed by atoms with E-state index in [1.807, 2.05) is 6.08 Å². The fourth-order valence-corrected chi connectivity index (χ4v) is 11.2. The van der Waals surface area contributed by atoms with Crippen LogP contribution in [0.2, 0.25) is 0 Å². The average molecular weight is 1070 g/mol. The number of aliphatic hydroxyl groups is 2. The van der Waals surface area contributed by atoms with Gasteiger partial charge >= 0.3 is 5.97 Å². The Morgan fingerprint density at radius 1 is 0.355 bits per heavy atom. The van der Waals surface area contributed by atoms with Crippen LogP contribution in [0.3, 0.4) is 0 Å². The number of nitrogens with one attached hydrogen (secondary N) is 1. The van der Waals surface area contributed by atoms with Gasteiger partial charge in [-0.05, 0) is 32.1 Å². The highest BCUT2D eigenvalue weighted by Gasteiger charge is 2.18. The number of aliphatic hydroxyl groups excluding tert-OH is 2. The second-order valence-corrected chi connectivity index (χ2v) is 24.2. The van der Waals surface area contributed by atoms with Crippen molar-refractivity contribution in [1.29, 1.82) is 0 Å². The molecule has 0 aliphatic carbocycles. The van der Waals surface area contributed by atoms with Gasteiger partial charge in [-0.2, -0.15) is 0 Å². The highest BCUT2D eigenvalue weighted by Crippen LogP contribution is 2.19. The molecule has 6 nitrogen and oxygen atoms in total. The van der Waals surface area contributed by atoms with Gasteiger partial charge in [0.15, 0.2) is 0 Å². The van der Waals surface area contributed by atoms with E-state index in [-0.39, 0.29) is 18.5 Å². The molecule has 1 amide bonds. The highest BCUT2D eigenvalue weighted by atomic mass is 16.5. The van der Waals surface area contributed by atoms with E-state index >= 15 is 0 Å². The fourth-order valence-electron chi connectivity index (χ4n) is 11.2. The molecular weight excluding hydrogens is 935 g/mol. The molecule has 0 saturated heterocycles. The molecule has 0 rings (SSSR count). The summed E-state index contributed by atoms with van der Waals surface area (Å²) in [7, 11) is 0. The normalized spacial score (nSPS) is 12.5. The van der Waals surface area contributed by atoms with Crippen LogP contribution in [0.4, 0.5) is 0 Å². The maximum atomic E-state index is 12.5. The van der Waals surface area contributed by atoms with E-state index in [4.69, 9.17) is 4.74 Å². The minimum Gasteiger partial charge on any atom is -0.466 e. The van der Waals surface area contributed by atoms with Crippen LogP contribution < -0.4 is 5.32 Å². The van der Waals surface area contributed by atoms with E-state index in [1.165, 1.54) is 334 Å². The Morgan fingerprint density at radius 3 is 0.895 bits per heavy atom. The summed E-state index contributed by atoms with van der Waals surface area (Å²) in [4.78, 5) is 24.6. The number of carbonyl (C=O) groups is 2. The van der Waals surface area contributed by atoms with E-state index in [0.717, 1.165) is 38.5 Å². The molecule has 0 aliphatic rings. The van der Waals surface area contributed by atoms with Crippen LogP contribution in [0, 0.1) is 0 Å². The molecule has 0 aromatic carbocycles. The van der Waals surface area contributed by atoms with Crippen LogP contribution in [0.1, 0.15) is 399 Å². The monoisotopic (exact) mass is 1070 g/mol. The first-order chi connectivity index (χ1) is 37.5. The Hall–Kier alpha value is -1.40. The van der Waals surface area contributed by atoms with Gasteiger partial charge in [0.05, 0.1) is 25.4 Å². The quantitative estimate of drug-likeness (QED) is 0.0320. The zero-order valence-electron chi connectivity index (χ0n) is 51.8. The molecule has 3 N–H and O–H groups in total. The first-order valence-electron chi connectivity index (χ1n) is 35.0. The molecule has 0 aromatic heterocycles. The Bertz CT molecular complexity index is 1140. The minimum atomic E-state index is -0.841. The summed E-state index contributed by atoms with van der Waals surface area (Å²) in [6.07, 6.45) is 81.5. The van der Waals surface area contributed by atoms with Crippen molar-refractivity contribution >= 4 is 11.9 Å². The summed E-state index contributed by atoms with van der Waals surface area (Å²) in [6, 6.07) is -0.625. The van der Waals surface area contributed by atoms with Crippen molar-refractivity contribution in [3.63, 3.8) is 0 Å². The molecular formula is C70H137NO5. The molecule has 0 aliphatic heterocycles. The third-order valence-corrected chi connectivity index (χ3v) is 16.6. The van der Waals surface area contributed by atoms with Gasteiger partial charge in [0, 0.05) is 12.8 Å². The lowest BCUT2D eigenvalue weighted by molar-refractivity contribution is -0.143. The van der Waals surface area contributed by atoms with E-state index in [0.29, 0.717) is 19.4 Å². The number of ether oxygens (including phenoxy) is 1. The number of unbranched alkanes of at least 4 members (excludes halogenated alkanes) is 55. The summed E-state index contributed by atoms with van der Waals surface area (Å²) < 4.78 is 5.50. The smallest absolute Gasteiger partial charge is 0.305 e. The van der Waals surface area contributed by atoms with Crippen LogP contribution >= 0.6 is 0 Å². The number of hydrogen-bond acceptors (Lipinski definition) is 5. The van der Waals surface area contributed by atoms with E-state index < -0.39 is 12.1 Å². The van der Waals surface area contributed by atoms with E-state index in [9.17, 15) is 19.8 Å². The summed E-state index contributed by atoms with van der Waals surface area (Å²) >= 11 is 0. The molecule has 0 fully saturated rings. The number of allylic oxidation sites excluding steroid dienone is 1. The van der Waals surface area contributed by atoms with Gasteiger partial charge in [-0.15, -0.1) is 0 Å². The van der Waals surface area contributed by atoms with Crippen LogP contribution in [0.5, 0.6) is 0 Å². The number of esters is 1. The van der Waals surface area contributed by atoms with Crippen molar-refractivity contribution in [2.45, 2.75) is 411 Å². The Balaban J connectivity index is 3.34. The lowest BCUT2D eigenvalue weighted by atomic mass is 10.0. The molecule has 0 spiro atoms. The molecule has 0 radical (unpaired) electrons. The van der Waals surface area contributed by atoms with Crippen LogP contribution in [0.15, 0.2) is 12.2 Å². The standard InChI is InChI=1S/C70H137NO5/c1-3-5-7-9-11-13-15-17-19-35-38-42-46-50-54-58-62-68(73)67(66-72)71-69(74)63-59-55-51-47-43-39-36-32-30-28-26-24-22-20-21-23-25-27-29-31-33-37-41-45-49-53-57-61-65-76-70(75)64-60-56-52-48-44-40-34-18-16-14-12-10-8-6-4-2/h58,62,67-68,72-73H,3-57,59-61,63-66H2,1-2H3,(H,71,74)/b62-58+. The Kier molecular flexibility index (Phi) is 64.9. The van der Waals surface area contributed by atoms with Crippen molar-refractivity contribution < 1.29 is 24.5 Å². The summed E-state index contributed by atoms with van der Waals surface area (Å²) in [5.41, 5.74) is 0. The van der Waals surface area contributed by atoms with E-state index in [1.54, 1.807) is 6.08 Å². The number of rotatable bonds is 66. The summed E-state index contributed by atoms with van der Waals surface area (Å²) in [5, 5.41) is 23.2. The lowest BCUT2D eigenvalue weighted by Crippen LogP contribution is -2.45. The zero-order valence-corrected chi connectivity index (χ0v) is 51.8. The predicted octanol–water partition coefficient (Wildman–Crippen LogP) is 22.4. The van der Waals surface area contributed by atoms with Crippen LogP contribution in [-0.2, 0) is 14.3 Å². The number of hydrogen-bond donors (Lipinski definition) is 3. The molecule has 0 bridgehead atoms. The molecule has 0 saturated carbocycles. The van der Waals surface area contributed by atoms with Gasteiger partial charge in [0.2, 0.25) is 5.91 Å². The van der Waals surface area contributed by atoms with Gasteiger partial charge in [0.25, 0.3) is 0 Å². The SMILES string of the molecule is CCCCCCCCCCCCCCCC/C=C/C(O)C(CO)NC(=O)CCCCCCCCCCCCCCCCCCCCCCCCCCCCCCOC(=O)CCCCCCCCCCCCCCCCC. The molecule has 0 heterocycles. The van der Waals surface area contributed by atoms with Crippen molar-refractivity contribution in [3.8, 4) is 0 Å². The predicted molar refractivity (Wildman–Crippen MR) is 333 cm³/mol. The van der Waals surface area contributed by atoms with Crippen molar-refractivity contribution in [1.82, 2.24) is 5.32 Å². The van der Waals surface area contributed by atoms with Crippen molar-refractivity contribution in [3.05, 3.63) is 12.2 Å². The third kappa shape index (κ3) is 61.8. The molecule has 452 valence electrons. The molecule has 2 atom stereocenters. The first-order valence-corrected chi connectivity index (χ1v) is 35.0. The maximum absolute atomic E-state index is 12.5. The van der Waals surface area contributed by atoms with Crippen LogP contribution in [0.25, 0.3) is 0 Å². The van der Waals surface area contributed by atoms with E-state index in [2.05, 4.69) is 19.2 Å². The third-order valence-electron chi connectivity index (χ3n) is 16.6. The highest BCUT2D eigenvalue weighted by molar-refractivity contribution is 5.76. The van der Waals surface area contributed by atoms with Gasteiger partial charge in [-0.25, -0.2) is 0 Å². The topological polar surface area (TPSA) is 95.9 Å². The molecule has 0 aromatic rings. The van der Waals surface area contributed by atoms with Crippen LogP contribution in [-0.4, -0.2) is 47.4 Å². The molecule has 76 heavy (non-hydrogen) atoms. The maximum Gasteiger partial charge on any atom is 0.305 e. The second-order valence-electron chi connectivity index (χ2n) is 24.2. The molecule has 2 unspecified atom stereocenters. The summed E-state index contributed by atoms with van der Waals surface area (Å²) in [5.74, 6) is -0.0393. The second kappa shape index (κ2) is 66.1. The summed E-state index contributed by atoms with van der Waals surface area (Å²) in [6.45, 7) is 4.95. The van der Waals surface area contributed by atoms with Crippen molar-refractivity contribution in [2.75, 3.05) is 13.2 Å². The molecule has 6 heteroatoms. The van der Waals surface area contributed by atoms with Crippen molar-refractivity contribution in [2.24, 2.45) is 0 Å². The van der Waals surface area contributed by atoms with Gasteiger partial charge in [0.1, 0.15) is 0 Å². The van der Waals surface area contributed by atoms with Gasteiger partial charge in [-0.3, -0.25) is 9.59 Å². The Morgan fingerprint density at radius 2 is 0.605 bits per heavy atom. The number of carbonyl (C=O) groups excluding carboxylic acids is 2. The minimum absolute atomic E-state index is 0.0223. The van der Waals surface area contributed by atoms with Gasteiger partial charge < -0.3 is 20.3 Å². The first kappa shape index (κ1) is 74.6. The average Bonchev–Trinajstić information content (AvgIpc) is 3.42. The lowest BCUT2D eigenvalue weighted by Gasteiger charge is -2.20. The van der Waals surface area contributed by atoms with Gasteiger partial charge in [-0.1, -0.05) is 366 Å². The fraction of sp³-hybridized carbons (Fsp3) is 0.943. The Labute approximate surface area is 476 Å².